The molecule has 0 radical (unpaired) electrons. The summed E-state index contributed by atoms with van der Waals surface area (Å²) in [4.78, 5) is 40.1. The molecule has 0 atom stereocenters. The van der Waals surface area contributed by atoms with Gasteiger partial charge < -0.3 is 9.47 Å². The minimum absolute atomic E-state index is 0.0988. The molecule has 0 fully saturated rings. The Kier molecular flexibility index (Phi) is 13.4. The Morgan fingerprint density at radius 1 is 1.06 bits per heavy atom. The maximum absolute atomic E-state index is 11.5. The predicted octanol–water partition coefficient (Wildman–Crippen LogP) is 3.43. The number of carbonyl (C=O) groups is 2. The molecule has 0 bridgehead atoms. The number of hydrogen-bond donors (Lipinski definition) is 1. The minimum atomic E-state index is -0.711. The van der Waals surface area contributed by atoms with Crippen LogP contribution in [0.5, 0.6) is 0 Å². The summed E-state index contributed by atoms with van der Waals surface area (Å²) in [5.74, 6) is -0.597. The Bertz CT molecular complexity index is 1080. The van der Waals surface area contributed by atoms with Crippen molar-refractivity contribution < 1.29 is 28.7 Å². The van der Waals surface area contributed by atoms with Gasteiger partial charge in [0, 0.05) is 6.42 Å². The van der Waals surface area contributed by atoms with Gasteiger partial charge in [-0.2, -0.15) is 14.7 Å². The molecule has 11 heteroatoms. The smallest absolute Gasteiger partial charge is 0.427 e. The number of hydrazone groups is 1. The molecule has 1 aromatic heterocycles. The number of amides is 1. The number of carbonyl (C=O) groups excluding carboxylic acids is 4. The molecule has 10 nitrogen and oxygen atoms in total. The highest BCUT2D eigenvalue weighted by Crippen LogP contribution is 2.24. The lowest BCUT2D eigenvalue weighted by Gasteiger charge is -2.05. The Labute approximate surface area is 200 Å². The van der Waals surface area contributed by atoms with Crippen molar-refractivity contribution in [3.05, 3.63) is 71.9 Å². The number of nitrogens with zero attached hydrogens (tertiary/aromatic N) is 3. The Hall–Kier alpha value is -4.21. The van der Waals surface area contributed by atoms with Crippen LogP contribution in [0.25, 0.3) is 10.4 Å². The van der Waals surface area contributed by atoms with Gasteiger partial charge in [0.2, 0.25) is 0 Å². The molecule has 0 spiro atoms. The third-order valence-corrected chi connectivity index (χ3v) is 4.76. The zero-order valence-corrected chi connectivity index (χ0v) is 19.7. The van der Waals surface area contributed by atoms with Crippen LogP contribution in [0, 0.1) is 6.92 Å². The summed E-state index contributed by atoms with van der Waals surface area (Å²) in [6.07, 6.45) is -0.197. The molecule has 1 heterocycles. The molecule has 1 amide bonds. The van der Waals surface area contributed by atoms with E-state index >= 15 is 0 Å². The molecule has 0 aliphatic heterocycles. The molecule has 3 aromatic rings. The number of nitrogens with one attached hydrogen (secondary N) is 1. The Balaban J connectivity index is 0.000000327. The van der Waals surface area contributed by atoms with Crippen LogP contribution in [0.15, 0.2) is 65.8 Å². The monoisotopic (exact) mass is 484 g/mol. The van der Waals surface area contributed by atoms with E-state index in [9.17, 15) is 9.59 Å². The van der Waals surface area contributed by atoms with Gasteiger partial charge in [-0.15, -0.1) is 5.10 Å². The molecular formula is C23H24N4O6S. The van der Waals surface area contributed by atoms with E-state index in [1.54, 1.807) is 6.92 Å². The minimum Gasteiger partial charge on any atom is -0.464 e. The van der Waals surface area contributed by atoms with Crippen LogP contribution < -0.4 is 5.43 Å². The van der Waals surface area contributed by atoms with E-state index in [4.69, 9.17) is 9.59 Å². The largest absolute Gasteiger partial charge is 0.464 e. The molecule has 3 rings (SSSR count). The first-order valence-electron chi connectivity index (χ1n) is 9.91. The number of rotatable bonds is 6. The highest BCUT2D eigenvalue weighted by molar-refractivity contribution is 7.09. The second-order valence-corrected chi connectivity index (χ2v) is 6.94. The highest BCUT2D eigenvalue weighted by Gasteiger charge is 2.13. The fourth-order valence-electron chi connectivity index (χ4n) is 2.43. The van der Waals surface area contributed by atoms with E-state index in [2.05, 4.69) is 41.7 Å². The first-order chi connectivity index (χ1) is 16.5. The molecule has 0 aliphatic carbocycles. The topological polar surface area (TPSA) is 137 Å². The van der Waals surface area contributed by atoms with Crippen molar-refractivity contribution in [1.29, 1.82) is 0 Å². The summed E-state index contributed by atoms with van der Waals surface area (Å²) in [6.45, 7) is 3.88. The van der Waals surface area contributed by atoms with Gasteiger partial charge in [0.25, 0.3) is 0 Å². The number of aryl methyl sites for hydroxylation is 1. The van der Waals surface area contributed by atoms with E-state index in [-0.39, 0.29) is 24.9 Å². The van der Waals surface area contributed by atoms with Crippen LogP contribution in [0.2, 0.25) is 0 Å². The van der Waals surface area contributed by atoms with E-state index < -0.39 is 12.1 Å². The lowest BCUT2D eigenvalue weighted by molar-refractivity contribution is -0.191. The highest BCUT2D eigenvalue weighted by atomic mass is 32.1. The van der Waals surface area contributed by atoms with Crippen LogP contribution in [-0.4, -0.2) is 47.2 Å². The fraction of sp³-hybridized carbons (Fsp3) is 0.217. The van der Waals surface area contributed by atoms with Gasteiger partial charge in [-0.1, -0.05) is 65.2 Å². The molecule has 0 saturated heterocycles. The number of methoxy groups -OCH3 is 1. The van der Waals surface area contributed by atoms with Crippen molar-refractivity contribution in [2.75, 3.05) is 13.7 Å². The molecule has 0 saturated carbocycles. The number of aromatic nitrogens is 2. The van der Waals surface area contributed by atoms with E-state index in [1.807, 2.05) is 55.5 Å². The zero-order valence-electron chi connectivity index (χ0n) is 18.9. The zero-order chi connectivity index (χ0) is 25.2. The third kappa shape index (κ3) is 10.4. The quantitative estimate of drug-likeness (QED) is 0.319. The predicted molar refractivity (Wildman–Crippen MR) is 125 cm³/mol. The van der Waals surface area contributed by atoms with Gasteiger partial charge in [-0.25, -0.2) is 15.0 Å². The average molecular weight is 485 g/mol. The van der Waals surface area contributed by atoms with Crippen molar-refractivity contribution in [1.82, 2.24) is 15.0 Å². The summed E-state index contributed by atoms with van der Waals surface area (Å²) < 4.78 is 13.2. The van der Waals surface area contributed by atoms with Crippen molar-refractivity contribution in [2.45, 2.75) is 20.3 Å². The molecule has 34 heavy (non-hydrogen) atoms. The first kappa shape index (κ1) is 27.8. The molecule has 178 valence electrons. The van der Waals surface area contributed by atoms with Crippen LogP contribution >= 0.6 is 11.5 Å². The first-order valence-corrected chi connectivity index (χ1v) is 10.7. The molecular weight excluding hydrogens is 460 g/mol. The second kappa shape index (κ2) is 16.4. The lowest BCUT2D eigenvalue weighted by Crippen LogP contribution is -2.26. The molecule has 1 N–H and O–H groups in total. The van der Waals surface area contributed by atoms with Crippen LogP contribution in [-0.2, 0) is 30.3 Å². The number of esters is 1. The molecule has 0 aliphatic rings. The summed E-state index contributed by atoms with van der Waals surface area (Å²) in [7, 11) is 1.26. The number of ether oxygens (including phenoxy) is 2. The lowest BCUT2D eigenvalue weighted by atomic mass is 10.1. The summed E-state index contributed by atoms with van der Waals surface area (Å²) in [6, 6.07) is 19.5. The van der Waals surface area contributed by atoms with Crippen molar-refractivity contribution in [3.63, 3.8) is 0 Å². The van der Waals surface area contributed by atoms with Gasteiger partial charge in [-0.05, 0) is 36.5 Å². The standard InChI is InChI=1S/C13H16N2O4.C9H8N2S.CO2/c1-3-19-13(17)15-14-11(12(16)18-2)9-10-7-5-4-6-8-10;1-7-9(12-11-10-7)8-5-3-2-4-6-8;2-1-3/h4-8H,3,9H2,1-2H3,(H,15,17);2-6H,1H3;/b14-11-;;. The van der Waals surface area contributed by atoms with E-state index in [0.29, 0.717) is 0 Å². The SMILES string of the molecule is CCOC(=O)N/N=C(/Cc1ccccc1)C(=O)OC.Cc1nnsc1-c1ccccc1.O=C=O. The normalized spacial score (nSPS) is 9.79. The average Bonchev–Trinajstić information content (AvgIpc) is 3.29. The third-order valence-electron chi connectivity index (χ3n) is 3.88. The summed E-state index contributed by atoms with van der Waals surface area (Å²) in [5, 5.41) is 7.69. The molecule has 2 aromatic carbocycles. The second-order valence-electron chi connectivity index (χ2n) is 6.18. The number of hydrogen-bond acceptors (Lipinski definition) is 10. The van der Waals surface area contributed by atoms with Crippen molar-refractivity contribution in [3.8, 4) is 10.4 Å². The van der Waals surface area contributed by atoms with Gasteiger partial charge in [0.1, 0.15) is 5.71 Å². The molecule has 0 unspecified atom stereocenters. The fourth-order valence-corrected chi connectivity index (χ4v) is 3.09. The summed E-state index contributed by atoms with van der Waals surface area (Å²) in [5.41, 5.74) is 5.34. The van der Waals surface area contributed by atoms with Crippen molar-refractivity contribution >= 4 is 35.5 Å². The van der Waals surface area contributed by atoms with Gasteiger partial charge in [0.05, 0.1) is 24.3 Å². The van der Waals surface area contributed by atoms with Crippen LogP contribution in [0.4, 0.5) is 4.79 Å². The van der Waals surface area contributed by atoms with Gasteiger partial charge in [-0.3, -0.25) is 0 Å². The van der Waals surface area contributed by atoms with Crippen LogP contribution in [0.3, 0.4) is 0 Å². The van der Waals surface area contributed by atoms with Gasteiger partial charge >= 0.3 is 18.2 Å². The maximum atomic E-state index is 11.5. The Morgan fingerprint density at radius 2 is 1.65 bits per heavy atom. The van der Waals surface area contributed by atoms with Gasteiger partial charge in [0.15, 0.2) is 0 Å². The van der Waals surface area contributed by atoms with Crippen LogP contribution in [0.1, 0.15) is 18.2 Å². The van der Waals surface area contributed by atoms with E-state index in [1.165, 1.54) is 24.2 Å². The van der Waals surface area contributed by atoms with E-state index in [0.717, 1.165) is 16.1 Å². The Morgan fingerprint density at radius 3 is 2.15 bits per heavy atom. The summed E-state index contributed by atoms with van der Waals surface area (Å²) >= 11 is 1.44. The number of benzene rings is 2. The maximum Gasteiger partial charge on any atom is 0.427 e. The van der Waals surface area contributed by atoms with Crippen molar-refractivity contribution in [2.24, 2.45) is 5.10 Å².